The van der Waals surface area contributed by atoms with Crippen molar-refractivity contribution in [2.45, 2.75) is 38.7 Å². The molecular weight excluding hydrogens is 296 g/mol. The third kappa shape index (κ3) is 2.65. The lowest BCUT2D eigenvalue weighted by Crippen LogP contribution is -2.43. The highest BCUT2D eigenvalue weighted by Crippen LogP contribution is 2.27. The van der Waals surface area contributed by atoms with Gasteiger partial charge in [-0.25, -0.2) is 4.98 Å². The van der Waals surface area contributed by atoms with Crippen molar-refractivity contribution >= 4 is 5.91 Å². The van der Waals surface area contributed by atoms with Gasteiger partial charge in [0.2, 0.25) is 0 Å². The molecule has 0 spiro atoms. The van der Waals surface area contributed by atoms with Gasteiger partial charge < -0.3 is 19.1 Å². The molecule has 0 bridgehead atoms. The van der Waals surface area contributed by atoms with Crippen molar-refractivity contribution < 1.29 is 14.1 Å². The lowest BCUT2D eigenvalue weighted by Gasteiger charge is -2.31. The van der Waals surface area contributed by atoms with E-state index in [1.165, 1.54) is 0 Å². The van der Waals surface area contributed by atoms with Gasteiger partial charge in [-0.3, -0.25) is 4.79 Å². The van der Waals surface area contributed by atoms with Gasteiger partial charge in [0, 0.05) is 30.4 Å². The number of morpholine rings is 1. The van der Waals surface area contributed by atoms with Crippen LogP contribution in [0.3, 0.4) is 0 Å². The van der Waals surface area contributed by atoms with Gasteiger partial charge in [0.05, 0.1) is 13.2 Å². The minimum atomic E-state index is -0.218. The van der Waals surface area contributed by atoms with Gasteiger partial charge in [0.1, 0.15) is 17.7 Å². The lowest BCUT2D eigenvalue weighted by atomic mass is 9.96. The molecule has 23 heavy (non-hydrogen) atoms. The quantitative estimate of drug-likeness (QED) is 0.913. The molecule has 7 heteroatoms. The highest BCUT2D eigenvalue weighted by atomic mass is 16.5. The molecule has 2 aromatic heterocycles. The maximum atomic E-state index is 12.8. The van der Waals surface area contributed by atoms with Crippen molar-refractivity contribution in [1.82, 2.24) is 20.0 Å². The normalized spacial score (nSPS) is 21.3. The van der Waals surface area contributed by atoms with Gasteiger partial charge in [-0.1, -0.05) is 5.16 Å². The van der Waals surface area contributed by atoms with E-state index in [4.69, 9.17) is 9.26 Å². The van der Waals surface area contributed by atoms with Crippen LogP contribution in [0.25, 0.3) is 0 Å². The topological polar surface area (TPSA) is 84.2 Å². The van der Waals surface area contributed by atoms with Gasteiger partial charge in [-0.2, -0.15) is 0 Å². The molecule has 2 aromatic rings. The molecule has 0 radical (unpaired) electrons. The zero-order valence-corrected chi connectivity index (χ0v) is 13.2. The van der Waals surface area contributed by atoms with Gasteiger partial charge in [-0.05, 0) is 26.2 Å². The third-order valence-electron chi connectivity index (χ3n) is 4.53. The number of fused-ring (bicyclic) bond motifs is 1. The molecule has 122 valence electrons. The van der Waals surface area contributed by atoms with Crippen LogP contribution in [-0.4, -0.2) is 45.6 Å². The Morgan fingerprint density at radius 2 is 2.26 bits per heavy atom. The summed E-state index contributed by atoms with van der Waals surface area (Å²) in [6.45, 7) is 3.49. The average Bonchev–Trinajstić information content (AvgIpc) is 3.20. The highest BCUT2D eigenvalue weighted by molar-refractivity contribution is 5.94. The SMILES string of the molecule is Cc1cnc([C@H]2CN(C(=O)c3noc4c3CCCC4)CCO2)[nH]1. The minimum absolute atomic E-state index is 0.0616. The Kier molecular flexibility index (Phi) is 3.65. The van der Waals surface area contributed by atoms with Crippen molar-refractivity contribution in [2.75, 3.05) is 19.7 Å². The van der Waals surface area contributed by atoms with Crippen molar-refractivity contribution in [3.8, 4) is 0 Å². The first-order valence-corrected chi connectivity index (χ1v) is 8.12. The van der Waals surface area contributed by atoms with E-state index in [1.54, 1.807) is 11.1 Å². The molecule has 4 rings (SSSR count). The number of carbonyl (C=O) groups is 1. The van der Waals surface area contributed by atoms with Crippen molar-refractivity contribution in [3.05, 3.63) is 34.7 Å². The van der Waals surface area contributed by atoms with E-state index in [-0.39, 0.29) is 12.0 Å². The summed E-state index contributed by atoms with van der Waals surface area (Å²) in [4.78, 5) is 22.1. The summed E-state index contributed by atoms with van der Waals surface area (Å²) in [6.07, 6.45) is 5.51. The van der Waals surface area contributed by atoms with Gasteiger partial charge in [-0.15, -0.1) is 0 Å². The molecule has 1 N–H and O–H groups in total. The Labute approximate surface area is 134 Å². The second-order valence-electron chi connectivity index (χ2n) is 6.20. The Morgan fingerprint density at radius 1 is 1.39 bits per heavy atom. The van der Waals surface area contributed by atoms with Crippen LogP contribution >= 0.6 is 0 Å². The van der Waals surface area contributed by atoms with Crippen LogP contribution in [0, 0.1) is 6.92 Å². The number of aromatic nitrogens is 3. The van der Waals surface area contributed by atoms with Crippen LogP contribution < -0.4 is 0 Å². The Hall–Kier alpha value is -2.15. The van der Waals surface area contributed by atoms with E-state index in [2.05, 4.69) is 15.1 Å². The average molecular weight is 316 g/mol. The number of imidazole rings is 1. The molecule has 1 aliphatic carbocycles. The smallest absolute Gasteiger partial charge is 0.276 e. The molecule has 1 atom stereocenters. The molecule has 1 fully saturated rings. The number of ether oxygens (including phenoxy) is 1. The van der Waals surface area contributed by atoms with Crippen LogP contribution in [0.15, 0.2) is 10.7 Å². The molecule has 0 aromatic carbocycles. The van der Waals surface area contributed by atoms with Crippen LogP contribution in [0.2, 0.25) is 0 Å². The fourth-order valence-electron chi connectivity index (χ4n) is 3.30. The first kappa shape index (κ1) is 14.4. The van der Waals surface area contributed by atoms with Crippen molar-refractivity contribution in [2.24, 2.45) is 0 Å². The zero-order chi connectivity index (χ0) is 15.8. The summed E-state index contributed by atoms with van der Waals surface area (Å²) in [7, 11) is 0. The standard InChI is InChI=1S/C16H20N4O3/c1-10-8-17-15(18-10)13-9-20(6-7-22-13)16(21)14-11-4-2-3-5-12(11)23-19-14/h8,13H,2-7,9H2,1H3,(H,17,18)/t13-/m1/s1. The summed E-state index contributed by atoms with van der Waals surface area (Å²) in [5.41, 5.74) is 2.46. The molecule has 2 aliphatic rings. The first-order valence-electron chi connectivity index (χ1n) is 8.12. The number of aryl methyl sites for hydroxylation is 2. The number of hydrogen-bond acceptors (Lipinski definition) is 5. The molecule has 1 saturated heterocycles. The van der Waals surface area contributed by atoms with Gasteiger partial charge in [0.15, 0.2) is 5.69 Å². The summed E-state index contributed by atoms with van der Waals surface area (Å²) in [5.74, 6) is 1.58. The Bertz CT molecular complexity index is 721. The van der Waals surface area contributed by atoms with Crippen LogP contribution in [0.5, 0.6) is 0 Å². The highest BCUT2D eigenvalue weighted by Gasteiger charge is 2.32. The van der Waals surface area contributed by atoms with E-state index in [9.17, 15) is 4.79 Å². The number of rotatable bonds is 2. The van der Waals surface area contributed by atoms with E-state index in [0.717, 1.165) is 48.5 Å². The van der Waals surface area contributed by atoms with Gasteiger partial charge >= 0.3 is 0 Å². The number of nitrogens with zero attached hydrogens (tertiary/aromatic N) is 3. The summed E-state index contributed by atoms with van der Waals surface area (Å²) < 4.78 is 11.1. The fraction of sp³-hybridized carbons (Fsp3) is 0.562. The van der Waals surface area contributed by atoms with Crippen molar-refractivity contribution in [1.29, 1.82) is 0 Å². The molecule has 0 unspecified atom stereocenters. The molecule has 7 nitrogen and oxygen atoms in total. The van der Waals surface area contributed by atoms with E-state index in [1.807, 2.05) is 6.92 Å². The first-order chi connectivity index (χ1) is 11.2. The van der Waals surface area contributed by atoms with Gasteiger partial charge in [0.25, 0.3) is 5.91 Å². The van der Waals surface area contributed by atoms with Crippen molar-refractivity contribution in [3.63, 3.8) is 0 Å². The number of amides is 1. The number of nitrogens with one attached hydrogen (secondary N) is 1. The fourth-order valence-corrected chi connectivity index (χ4v) is 3.30. The molecule has 0 saturated carbocycles. The molecule has 1 aliphatic heterocycles. The summed E-state index contributed by atoms with van der Waals surface area (Å²) >= 11 is 0. The second kappa shape index (κ2) is 5.81. The zero-order valence-electron chi connectivity index (χ0n) is 13.2. The second-order valence-corrected chi connectivity index (χ2v) is 6.20. The predicted octanol–water partition coefficient (Wildman–Crippen LogP) is 1.80. The number of aromatic amines is 1. The maximum Gasteiger partial charge on any atom is 0.276 e. The molecule has 1 amide bonds. The monoisotopic (exact) mass is 316 g/mol. The lowest BCUT2D eigenvalue weighted by molar-refractivity contribution is -0.0268. The predicted molar refractivity (Wildman–Crippen MR) is 81.1 cm³/mol. The third-order valence-corrected chi connectivity index (χ3v) is 4.53. The number of hydrogen-bond donors (Lipinski definition) is 1. The maximum absolute atomic E-state index is 12.8. The van der Waals surface area contributed by atoms with Crippen LogP contribution in [-0.2, 0) is 17.6 Å². The molecule has 3 heterocycles. The van der Waals surface area contributed by atoms with E-state index in [0.29, 0.717) is 25.4 Å². The minimum Gasteiger partial charge on any atom is -0.367 e. The summed E-state index contributed by atoms with van der Waals surface area (Å²) in [6, 6.07) is 0. The molecular formula is C16H20N4O3. The van der Waals surface area contributed by atoms with Crippen LogP contribution in [0.1, 0.15) is 52.3 Å². The Morgan fingerprint density at radius 3 is 3.09 bits per heavy atom. The summed E-state index contributed by atoms with van der Waals surface area (Å²) in [5, 5.41) is 4.04. The van der Waals surface area contributed by atoms with E-state index >= 15 is 0 Å². The van der Waals surface area contributed by atoms with Crippen LogP contribution in [0.4, 0.5) is 0 Å². The Balaban J connectivity index is 1.53. The number of H-pyrrole nitrogens is 1. The number of carbonyl (C=O) groups excluding carboxylic acids is 1. The van der Waals surface area contributed by atoms with E-state index < -0.39 is 0 Å². The largest absolute Gasteiger partial charge is 0.367 e.